The van der Waals surface area contributed by atoms with E-state index >= 15 is 0 Å². The van der Waals surface area contributed by atoms with Crippen LogP contribution in [-0.4, -0.2) is 18.0 Å². The molecule has 2 aliphatic carbocycles. The van der Waals surface area contributed by atoms with Gasteiger partial charge in [-0.1, -0.05) is 23.7 Å². The maximum absolute atomic E-state index is 5.86. The van der Waals surface area contributed by atoms with Crippen molar-refractivity contribution in [3.8, 4) is 0 Å². The quantitative estimate of drug-likeness (QED) is 0.638. The first-order valence-corrected chi connectivity index (χ1v) is 6.45. The molecule has 0 aromatic heterocycles. The highest BCUT2D eigenvalue weighted by molar-refractivity contribution is 6.30. The zero-order valence-electron chi connectivity index (χ0n) is 9.57. The van der Waals surface area contributed by atoms with Crippen LogP contribution in [0.25, 0.3) is 0 Å². The number of benzene rings is 1. The van der Waals surface area contributed by atoms with Gasteiger partial charge in [0.05, 0.1) is 6.04 Å². The predicted octanol–water partition coefficient (Wildman–Crippen LogP) is 2.26. The minimum absolute atomic E-state index is 0.349. The van der Waals surface area contributed by atoms with Gasteiger partial charge in [0.25, 0.3) is 0 Å². The Bertz CT molecular complexity index is 436. The van der Waals surface area contributed by atoms with Gasteiger partial charge < -0.3 is 11.1 Å². The summed E-state index contributed by atoms with van der Waals surface area (Å²) in [4.78, 5) is 4.50. The third-order valence-electron chi connectivity index (χ3n) is 3.29. The number of nitrogens with zero attached hydrogens (tertiary/aromatic N) is 1. The van der Waals surface area contributed by atoms with E-state index in [1.807, 2.05) is 12.1 Å². The van der Waals surface area contributed by atoms with Crippen LogP contribution in [0.4, 0.5) is 0 Å². The molecule has 0 saturated heterocycles. The monoisotopic (exact) mass is 249 g/mol. The van der Waals surface area contributed by atoms with Crippen LogP contribution in [0.15, 0.2) is 29.3 Å². The van der Waals surface area contributed by atoms with Gasteiger partial charge in [-0.3, -0.25) is 0 Å². The van der Waals surface area contributed by atoms with E-state index in [-0.39, 0.29) is 0 Å². The average Bonchev–Trinajstić information content (AvgIpc) is 3.17. The van der Waals surface area contributed by atoms with E-state index < -0.39 is 0 Å². The Kier molecular flexibility index (Phi) is 2.71. The third kappa shape index (κ3) is 2.72. The molecule has 3 N–H and O–H groups in total. The summed E-state index contributed by atoms with van der Waals surface area (Å²) in [5.74, 6) is 1.13. The van der Waals surface area contributed by atoms with Crippen molar-refractivity contribution >= 4 is 17.6 Å². The molecule has 4 heteroatoms. The Morgan fingerprint density at radius 3 is 2.65 bits per heavy atom. The molecule has 0 bridgehead atoms. The first-order chi connectivity index (χ1) is 8.22. The van der Waals surface area contributed by atoms with Gasteiger partial charge in [-0.05, 0) is 37.0 Å². The first kappa shape index (κ1) is 10.9. The number of nitrogens with one attached hydrogen (secondary N) is 1. The van der Waals surface area contributed by atoms with Gasteiger partial charge in [-0.15, -0.1) is 0 Å². The highest BCUT2D eigenvalue weighted by Gasteiger charge is 2.38. The van der Waals surface area contributed by atoms with Crippen molar-refractivity contribution in [2.45, 2.75) is 37.3 Å². The molecule has 2 aliphatic rings. The van der Waals surface area contributed by atoms with Crippen molar-refractivity contribution in [1.29, 1.82) is 0 Å². The van der Waals surface area contributed by atoms with Gasteiger partial charge >= 0.3 is 0 Å². The highest BCUT2D eigenvalue weighted by Crippen LogP contribution is 2.43. The predicted molar refractivity (Wildman–Crippen MR) is 70.4 cm³/mol. The summed E-state index contributed by atoms with van der Waals surface area (Å²) in [5, 5.41) is 3.99. The molecular formula is C13H16ClN3. The zero-order valence-corrected chi connectivity index (χ0v) is 10.3. The number of rotatable bonds is 3. The van der Waals surface area contributed by atoms with Crippen molar-refractivity contribution in [2.75, 3.05) is 0 Å². The molecule has 1 aromatic carbocycles. The first-order valence-electron chi connectivity index (χ1n) is 6.07. The van der Waals surface area contributed by atoms with Gasteiger partial charge in [0.15, 0.2) is 5.96 Å². The van der Waals surface area contributed by atoms with Crippen molar-refractivity contribution in [3.63, 3.8) is 0 Å². The van der Waals surface area contributed by atoms with Crippen molar-refractivity contribution in [3.05, 3.63) is 34.9 Å². The largest absolute Gasteiger partial charge is 0.370 e. The average molecular weight is 250 g/mol. The molecule has 17 heavy (non-hydrogen) atoms. The van der Waals surface area contributed by atoms with E-state index in [2.05, 4.69) is 22.4 Å². The molecule has 0 amide bonds. The number of hydrogen-bond acceptors (Lipinski definition) is 1. The molecule has 0 spiro atoms. The summed E-state index contributed by atoms with van der Waals surface area (Å²) < 4.78 is 0. The van der Waals surface area contributed by atoms with Crippen LogP contribution in [0.1, 0.15) is 30.7 Å². The van der Waals surface area contributed by atoms with Crippen LogP contribution in [0.3, 0.4) is 0 Å². The van der Waals surface area contributed by atoms with Crippen molar-refractivity contribution in [2.24, 2.45) is 10.7 Å². The van der Waals surface area contributed by atoms with Gasteiger partial charge in [0.2, 0.25) is 0 Å². The highest BCUT2D eigenvalue weighted by atomic mass is 35.5. The smallest absolute Gasteiger partial charge is 0.189 e. The lowest BCUT2D eigenvalue weighted by Gasteiger charge is -2.02. The summed E-state index contributed by atoms with van der Waals surface area (Å²) in [6.07, 6.45) is 3.54. The van der Waals surface area contributed by atoms with E-state index in [9.17, 15) is 0 Å². The van der Waals surface area contributed by atoms with Crippen LogP contribution in [-0.2, 0) is 0 Å². The van der Waals surface area contributed by atoms with Crippen molar-refractivity contribution in [1.82, 2.24) is 5.32 Å². The lowest BCUT2D eigenvalue weighted by molar-refractivity contribution is 0.871. The Hall–Kier alpha value is -1.22. The van der Waals surface area contributed by atoms with E-state index in [1.165, 1.54) is 18.4 Å². The Labute approximate surface area is 106 Å². The van der Waals surface area contributed by atoms with Crippen LogP contribution >= 0.6 is 11.6 Å². The normalized spacial score (nSPS) is 27.9. The Morgan fingerprint density at radius 2 is 2.00 bits per heavy atom. The van der Waals surface area contributed by atoms with E-state index in [4.69, 9.17) is 17.3 Å². The van der Waals surface area contributed by atoms with Gasteiger partial charge in [0.1, 0.15) is 0 Å². The number of aliphatic imine (C=N–C) groups is 1. The van der Waals surface area contributed by atoms with Crippen LogP contribution in [0.2, 0.25) is 5.02 Å². The lowest BCUT2D eigenvalue weighted by Crippen LogP contribution is -2.33. The fraction of sp³-hybridized carbons (Fsp3) is 0.462. The second-order valence-electron chi connectivity index (χ2n) is 4.89. The molecule has 0 radical (unpaired) electrons. The molecule has 2 atom stereocenters. The molecule has 0 unspecified atom stereocenters. The van der Waals surface area contributed by atoms with Crippen LogP contribution in [0.5, 0.6) is 0 Å². The Morgan fingerprint density at radius 1 is 1.29 bits per heavy atom. The number of hydrogen-bond donors (Lipinski definition) is 2. The number of guanidine groups is 1. The maximum atomic E-state index is 5.86. The van der Waals surface area contributed by atoms with Gasteiger partial charge in [0, 0.05) is 17.0 Å². The zero-order chi connectivity index (χ0) is 11.8. The lowest BCUT2D eigenvalue weighted by atomic mass is 10.1. The molecule has 2 saturated carbocycles. The summed E-state index contributed by atoms with van der Waals surface area (Å²) in [6.45, 7) is 0. The minimum atomic E-state index is 0.349. The van der Waals surface area contributed by atoms with E-state index in [1.54, 1.807) is 0 Å². The van der Waals surface area contributed by atoms with Gasteiger partial charge in [-0.2, -0.15) is 0 Å². The number of nitrogens with two attached hydrogens (primary N) is 1. The van der Waals surface area contributed by atoms with Crippen LogP contribution in [0, 0.1) is 0 Å². The van der Waals surface area contributed by atoms with Gasteiger partial charge in [-0.25, -0.2) is 4.99 Å². The molecule has 0 heterocycles. The fourth-order valence-electron chi connectivity index (χ4n) is 2.05. The summed E-state index contributed by atoms with van der Waals surface area (Å²) in [7, 11) is 0. The van der Waals surface area contributed by atoms with Crippen LogP contribution < -0.4 is 11.1 Å². The topological polar surface area (TPSA) is 50.4 Å². The number of halogens is 1. The standard InChI is InChI=1S/C13H16ClN3/c14-9-3-1-8(2-4-9)11-7-12(11)17-13(15)16-10-5-6-10/h1-4,10-12H,5-7H2,(H3,15,16,17)/t11-,12+/m0/s1. The fourth-order valence-corrected chi connectivity index (χ4v) is 2.17. The molecule has 3 nitrogen and oxygen atoms in total. The molecule has 90 valence electrons. The third-order valence-corrected chi connectivity index (χ3v) is 3.54. The SMILES string of the molecule is NC(=N[C@@H]1C[C@H]1c1ccc(Cl)cc1)NC1CC1. The maximum Gasteiger partial charge on any atom is 0.189 e. The summed E-state index contributed by atoms with van der Waals surface area (Å²) in [6, 6.07) is 8.94. The Balaban J connectivity index is 1.59. The second-order valence-corrected chi connectivity index (χ2v) is 5.33. The molecule has 2 fully saturated rings. The second kappa shape index (κ2) is 4.22. The summed E-state index contributed by atoms with van der Waals surface area (Å²) >= 11 is 5.86. The minimum Gasteiger partial charge on any atom is -0.370 e. The summed E-state index contributed by atoms with van der Waals surface area (Å²) in [5.41, 5.74) is 7.15. The molecule has 3 rings (SSSR count). The molecule has 1 aromatic rings. The molecular weight excluding hydrogens is 234 g/mol. The molecule has 0 aliphatic heterocycles. The van der Waals surface area contributed by atoms with E-state index in [0.717, 1.165) is 11.4 Å². The van der Waals surface area contributed by atoms with E-state index in [0.29, 0.717) is 24.0 Å². The van der Waals surface area contributed by atoms with Crippen molar-refractivity contribution < 1.29 is 0 Å².